The summed E-state index contributed by atoms with van der Waals surface area (Å²) in [6.07, 6.45) is -0.131. The largest absolute Gasteiger partial charge is 0.481 e. The normalized spacial score (nSPS) is 43.5. The van der Waals surface area contributed by atoms with Crippen LogP contribution in [0.25, 0.3) is 0 Å². The van der Waals surface area contributed by atoms with Crippen molar-refractivity contribution in [2.24, 2.45) is 40.9 Å². The third-order valence-electron chi connectivity index (χ3n) is 5.71. The van der Waals surface area contributed by atoms with Crippen LogP contribution in [-0.4, -0.2) is 44.3 Å². The van der Waals surface area contributed by atoms with Gasteiger partial charge in [0.1, 0.15) is 0 Å². The monoisotopic (exact) mass is 314 g/mol. The maximum absolute atomic E-state index is 11.5. The van der Waals surface area contributed by atoms with E-state index < -0.39 is 64.8 Å². The Balaban J connectivity index is 2.46. The number of fused-ring (bicyclic) bond motifs is 1. The minimum Gasteiger partial charge on any atom is -0.481 e. The first kappa shape index (κ1) is 16.3. The van der Waals surface area contributed by atoms with E-state index in [4.69, 9.17) is 0 Å². The van der Waals surface area contributed by atoms with Gasteiger partial charge in [0.05, 0.1) is 23.2 Å². The number of rotatable bonds is 4. The minimum absolute atomic E-state index is 0.131. The molecule has 0 saturated heterocycles. The Kier molecular flexibility index (Phi) is 3.67. The third-order valence-corrected chi connectivity index (χ3v) is 5.71. The van der Waals surface area contributed by atoms with Crippen LogP contribution in [0.4, 0.5) is 0 Å². The molecule has 0 spiro atoms. The Hall–Kier alpha value is -2.12. The fourth-order valence-electron chi connectivity index (χ4n) is 4.61. The highest BCUT2D eigenvalue weighted by Crippen LogP contribution is 2.65. The number of hydrogen-bond acceptors (Lipinski definition) is 4. The number of carboxylic acids is 4. The van der Waals surface area contributed by atoms with Crippen molar-refractivity contribution in [3.63, 3.8) is 0 Å². The Morgan fingerprint density at radius 1 is 0.955 bits per heavy atom. The van der Waals surface area contributed by atoms with Crippen LogP contribution in [0.15, 0.2) is 0 Å². The first-order valence-corrected chi connectivity index (χ1v) is 6.96. The van der Waals surface area contributed by atoms with Crippen molar-refractivity contribution in [3.8, 4) is 0 Å². The van der Waals surface area contributed by atoms with E-state index in [1.807, 2.05) is 0 Å². The van der Waals surface area contributed by atoms with Crippen molar-refractivity contribution < 1.29 is 39.6 Å². The van der Waals surface area contributed by atoms with E-state index >= 15 is 0 Å². The molecular weight excluding hydrogens is 296 g/mol. The molecule has 2 aliphatic carbocycles. The van der Waals surface area contributed by atoms with E-state index in [0.29, 0.717) is 0 Å². The van der Waals surface area contributed by atoms with Gasteiger partial charge in [-0.25, -0.2) is 0 Å². The Morgan fingerprint density at radius 2 is 1.50 bits per heavy atom. The summed E-state index contributed by atoms with van der Waals surface area (Å²) >= 11 is 0. The lowest BCUT2D eigenvalue weighted by molar-refractivity contribution is -0.221. The second-order valence-corrected chi connectivity index (χ2v) is 6.49. The zero-order chi connectivity index (χ0) is 17.0. The van der Waals surface area contributed by atoms with E-state index in [1.165, 1.54) is 13.8 Å². The molecule has 22 heavy (non-hydrogen) atoms. The van der Waals surface area contributed by atoms with Gasteiger partial charge < -0.3 is 20.4 Å². The first-order chi connectivity index (χ1) is 10.0. The number of carbonyl (C=O) groups is 4. The molecular formula is C14H18O8. The van der Waals surface area contributed by atoms with Crippen LogP contribution in [0, 0.1) is 40.9 Å². The van der Waals surface area contributed by atoms with Crippen LogP contribution in [0.2, 0.25) is 0 Å². The van der Waals surface area contributed by atoms with E-state index in [1.54, 1.807) is 0 Å². The third kappa shape index (κ3) is 1.89. The van der Waals surface area contributed by atoms with Crippen LogP contribution in [0.1, 0.15) is 20.3 Å². The van der Waals surface area contributed by atoms with E-state index in [2.05, 4.69) is 0 Å². The Bertz CT molecular complexity index is 555. The standard InChI is InChI=1S/C14H18O8/c1-4-7(11(17)18)5(10(15)16)3-6-8(4)9(12(19)20)14(6,2)13(21)22/h4-9H,3H2,1-2H3,(H,15,16)(H,17,18)(H,19,20)(H,21,22). The van der Waals surface area contributed by atoms with Crippen LogP contribution in [0.5, 0.6) is 0 Å². The predicted molar refractivity (Wildman–Crippen MR) is 69.9 cm³/mol. The quantitative estimate of drug-likeness (QED) is 0.584. The summed E-state index contributed by atoms with van der Waals surface area (Å²) in [6, 6.07) is 0. The summed E-state index contributed by atoms with van der Waals surface area (Å²) in [5.74, 6) is -10.8. The van der Waals surface area contributed by atoms with Crippen LogP contribution in [0.3, 0.4) is 0 Å². The van der Waals surface area contributed by atoms with Gasteiger partial charge in [0.25, 0.3) is 0 Å². The Labute approximate surface area is 125 Å². The molecule has 2 saturated carbocycles. The van der Waals surface area contributed by atoms with Crippen LogP contribution < -0.4 is 0 Å². The van der Waals surface area contributed by atoms with Crippen LogP contribution in [-0.2, 0) is 19.2 Å². The van der Waals surface area contributed by atoms with Gasteiger partial charge in [-0.15, -0.1) is 0 Å². The van der Waals surface area contributed by atoms with Gasteiger partial charge in [-0.3, -0.25) is 19.2 Å². The summed E-state index contributed by atoms with van der Waals surface area (Å²) in [5.41, 5.74) is -1.57. The lowest BCUT2D eigenvalue weighted by Crippen LogP contribution is -2.68. The highest BCUT2D eigenvalue weighted by Gasteiger charge is 2.71. The van der Waals surface area contributed by atoms with E-state index in [0.717, 1.165) is 0 Å². The van der Waals surface area contributed by atoms with Crippen LogP contribution >= 0.6 is 0 Å². The van der Waals surface area contributed by atoms with Crippen molar-refractivity contribution in [1.82, 2.24) is 0 Å². The molecule has 2 fully saturated rings. The van der Waals surface area contributed by atoms with Gasteiger partial charge in [-0.2, -0.15) is 0 Å². The molecule has 4 N–H and O–H groups in total. The molecule has 0 amide bonds. The van der Waals surface area contributed by atoms with Gasteiger partial charge in [-0.1, -0.05) is 6.92 Å². The minimum atomic E-state index is -1.57. The van der Waals surface area contributed by atoms with Gasteiger partial charge in [0.2, 0.25) is 0 Å². The fraction of sp³-hybridized carbons (Fsp3) is 0.714. The molecule has 0 bridgehead atoms. The second-order valence-electron chi connectivity index (χ2n) is 6.49. The number of hydrogen-bond donors (Lipinski definition) is 4. The molecule has 2 rings (SSSR count). The number of aliphatic carboxylic acids is 4. The Morgan fingerprint density at radius 3 is 1.86 bits per heavy atom. The molecule has 0 aromatic rings. The van der Waals surface area contributed by atoms with Gasteiger partial charge in [-0.05, 0) is 31.1 Å². The molecule has 8 heteroatoms. The van der Waals surface area contributed by atoms with Crippen molar-refractivity contribution in [2.75, 3.05) is 0 Å². The second kappa shape index (κ2) is 4.96. The molecule has 8 nitrogen and oxygen atoms in total. The summed E-state index contributed by atoms with van der Waals surface area (Å²) in [6.45, 7) is 2.81. The first-order valence-electron chi connectivity index (χ1n) is 6.96. The van der Waals surface area contributed by atoms with Crippen molar-refractivity contribution in [2.45, 2.75) is 20.3 Å². The van der Waals surface area contributed by atoms with Crippen molar-refractivity contribution in [3.05, 3.63) is 0 Å². The topological polar surface area (TPSA) is 149 Å². The fourth-order valence-corrected chi connectivity index (χ4v) is 4.61. The van der Waals surface area contributed by atoms with E-state index in [9.17, 15) is 39.6 Å². The summed E-state index contributed by atoms with van der Waals surface area (Å²) in [7, 11) is 0. The highest BCUT2D eigenvalue weighted by molar-refractivity contribution is 5.87. The number of carboxylic acid groups (broad SMARTS) is 4. The molecule has 0 aromatic heterocycles. The average molecular weight is 314 g/mol. The summed E-state index contributed by atoms with van der Waals surface area (Å²) in [4.78, 5) is 45.8. The van der Waals surface area contributed by atoms with Crippen molar-refractivity contribution in [1.29, 1.82) is 0 Å². The molecule has 122 valence electrons. The highest BCUT2D eigenvalue weighted by atomic mass is 16.4. The SMILES string of the molecule is CC1C(C(=O)O)C(C(=O)O)CC2C1C(C(=O)O)C2(C)C(=O)O. The molecule has 0 aromatic carbocycles. The maximum Gasteiger partial charge on any atom is 0.310 e. The summed E-state index contributed by atoms with van der Waals surface area (Å²) < 4.78 is 0. The molecule has 0 heterocycles. The average Bonchev–Trinajstić information content (AvgIpc) is 2.36. The predicted octanol–water partition coefficient (Wildman–Crippen LogP) is 0.465. The lowest BCUT2D eigenvalue weighted by atomic mass is 9.39. The van der Waals surface area contributed by atoms with E-state index in [-0.39, 0.29) is 6.42 Å². The molecule has 7 unspecified atom stereocenters. The van der Waals surface area contributed by atoms with Crippen molar-refractivity contribution >= 4 is 23.9 Å². The maximum atomic E-state index is 11.5. The summed E-state index contributed by atoms with van der Waals surface area (Å²) in [5, 5.41) is 37.3. The molecule has 7 atom stereocenters. The van der Waals surface area contributed by atoms with Gasteiger partial charge in [0.15, 0.2) is 0 Å². The molecule has 0 aliphatic heterocycles. The van der Waals surface area contributed by atoms with Gasteiger partial charge in [0, 0.05) is 0 Å². The zero-order valence-corrected chi connectivity index (χ0v) is 12.1. The molecule has 0 radical (unpaired) electrons. The smallest absolute Gasteiger partial charge is 0.310 e. The van der Waals surface area contributed by atoms with Gasteiger partial charge >= 0.3 is 23.9 Å². The molecule has 2 aliphatic rings. The lowest BCUT2D eigenvalue weighted by Gasteiger charge is -2.61. The zero-order valence-electron chi connectivity index (χ0n) is 12.1.